The molecule has 0 saturated heterocycles. The molecule has 0 bridgehead atoms. The van der Waals surface area contributed by atoms with Crippen LogP contribution < -0.4 is 0 Å². The summed E-state index contributed by atoms with van der Waals surface area (Å²) in [5.41, 5.74) is 1.10. The minimum Gasteiger partial charge on any atom is -0.469 e. The van der Waals surface area contributed by atoms with E-state index in [4.69, 9.17) is 44.9 Å². The highest BCUT2D eigenvalue weighted by atomic mass is 35.6. The van der Waals surface area contributed by atoms with Crippen molar-refractivity contribution in [2.24, 2.45) is 0 Å². The lowest BCUT2D eigenvalue weighted by Gasteiger charge is -2.23. The summed E-state index contributed by atoms with van der Waals surface area (Å²) in [6.45, 7) is 5.96. The fourth-order valence-electron chi connectivity index (χ4n) is 2.12. The molecule has 3 nitrogen and oxygen atoms in total. The van der Waals surface area contributed by atoms with Crippen molar-refractivity contribution >= 4 is 51.5 Å². The molecule has 0 saturated carbocycles. The van der Waals surface area contributed by atoms with Crippen LogP contribution >= 0.6 is 34.8 Å². The quantitative estimate of drug-likeness (QED) is 0.230. The van der Waals surface area contributed by atoms with Crippen molar-refractivity contribution in [2.45, 2.75) is 61.2 Å². The fraction of sp³-hybridized carbons (Fsp3) is 0.500. The van der Waals surface area contributed by atoms with E-state index >= 15 is 0 Å². The Hall–Kier alpha value is -0.550. The van der Waals surface area contributed by atoms with Crippen molar-refractivity contribution in [3.8, 4) is 0 Å². The average molecular weight is 425 g/mol. The smallest absolute Gasteiger partial charge is 0.265 e. The van der Waals surface area contributed by atoms with Crippen LogP contribution in [0.4, 0.5) is 0 Å². The van der Waals surface area contributed by atoms with Crippen LogP contribution in [0.1, 0.15) is 45.1 Å². The maximum Gasteiger partial charge on any atom is 0.265 e. The number of allylic oxidation sites excluding steroid dienone is 1. The highest BCUT2D eigenvalue weighted by Gasteiger charge is 2.32. The number of benzene rings is 1. The standard InChI is InChI=1S/C18H24Cl3NO2S/c1-4-6-7-8-16(15(5-2)24-17(22)18(19,20)21)25(23)14-11-9-13(3)10-12-14/h8-12,15,22H,4-7H2,1-3H3/b16-8+,22-17?/t15-,25?/m0/s1. The first-order chi connectivity index (χ1) is 11.7. The lowest BCUT2D eigenvalue weighted by Crippen LogP contribution is -2.29. The van der Waals surface area contributed by atoms with E-state index in [1.807, 2.05) is 44.2 Å². The van der Waals surface area contributed by atoms with E-state index in [0.29, 0.717) is 16.2 Å². The Morgan fingerprint density at radius 2 is 1.88 bits per heavy atom. The van der Waals surface area contributed by atoms with Crippen molar-refractivity contribution in [2.75, 3.05) is 0 Å². The van der Waals surface area contributed by atoms with Gasteiger partial charge < -0.3 is 4.74 Å². The van der Waals surface area contributed by atoms with E-state index in [-0.39, 0.29) is 0 Å². The minimum atomic E-state index is -1.94. The topological polar surface area (TPSA) is 50.1 Å². The molecule has 0 heterocycles. The summed E-state index contributed by atoms with van der Waals surface area (Å²) >= 11 is 17.1. The van der Waals surface area contributed by atoms with Gasteiger partial charge in [-0.3, -0.25) is 5.41 Å². The molecule has 1 N–H and O–H groups in total. The van der Waals surface area contributed by atoms with Gasteiger partial charge in [-0.15, -0.1) is 0 Å². The van der Waals surface area contributed by atoms with Gasteiger partial charge in [-0.2, -0.15) is 0 Å². The zero-order valence-electron chi connectivity index (χ0n) is 14.7. The molecule has 0 spiro atoms. The van der Waals surface area contributed by atoms with Crippen molar-refractivity contribution in [1.29, 1.82) is 5.41 Å². The summed E-state index contributed by atoms with van der Waals surface area (Å²) in [6, 6.07) is 7.52. The van der Waals surface area contributed by atoms with Crippen molar-refractivity contribution in [3.05, 3.63) is 40.8 Å². The largest absolute Gasteiger partial charge is 0.469 e. The zero-order valence-corrected chi connectivity index (χ0v) is 17.7. The number of hydrogen-bond acceptors (Lipinski definition) is 3. The third-order valence-corrected chi connectivity index (χ3v) is 5.63. The molecular weight excluding hydrogens is 401 g/mol. The molecule has 7 heteroatoms. The SMILES string of the molecule is CCCC/C=C(\[C@H](CC)OC(=N)C(Cl)(Cl)Cl)S(=O)c1ccc(C)cc1. The van der Waals surface area contributed by atoms with Crippen LogP contribution in [0.5, 0.6) is 0 Å². The highest BCUT2D eigenvalue weighted by Crippen LogP contribution is 2.31. The summed E-state index contributed by atoms with van der Waals surface area (Å²) in [5, 5.41) is 7.81. The fourth-order valence-corrected chi connectivity index (χ4v) is 3.64. The van der Waals surface area contributed by atoms with Crippen molar-refractivity contribution in [1.82, 2.24) is 0 Å². The minimum absolute atomic E-state index is 0.466. The van der Waals surface area contributed by atoms with E-state index < -0.39 is 26.6 Å². The number of rotatable bonds is 8. The van der Waals surface area contributed by atoms with E-state index in [1.165, 1.54) is 0 Å². The predicted molar refractivity (Wildman–Crippen MR) is 108 cm³/mol. The maximum absolute atomic E-state index is 13.1. The average Bonchev–Trinajstić information content (AvgIpc) is 2.56. The molecule has 1 unspecified atom stereocenters. The Bertz CT molecular complexity index is 624. The van der Waals surface area contributed by atoms with Gasteiger partial charge in [0.15, 0.2) is 0 Å². The Morgan fingerprint density at radius 1 is 1.28 bits per heavy atom. The van der Waals surface area contributed by atoms with Gasteiger partial charge in [-0.25, -0.2) is 4.21 Å². The predicted octanol–water partition coefficient (Wildman–Crippen LogP) is 6.32. The van der Waals surface area contributed by atoms with Crippen molar-refractivity contribution < 1.29 is 8.95 Å². The Balaban J connectivity index is 3.12. The second kappa shape index (κ2) is 10.6. The molecular formula is C18H24Cl3NO2S. The second-order valence-corrected chi connectivity index (χ2v) is 9.43. The molecule has 0 fully saturated rings. The molecule has 1 aromatic carbocycles. The molecule has 0 radical (unpaired) electrons. The van der Waals surface area contributed by atoms with Gasteiger partial charge in [0, 0.05) is 4.90 Å². The van der Waals surface area contributed by atoms with Crippen LogP contribution in [0.2, 0.25) is 0 Å². The number of ether oxygens (including phenoxy) is 1. The van der Waals surface area contributed by atoms with Crippen molar-refractivity contribution in [3.63, 3.8) is 0 Å². The number of halogens is 3. The maximum atomic E-state index is 13.1. The van der Waals surface area contributed by atoms with Gasteiger partial charge in [0.05, 0.1) is 15.7 Å². The van der Waals surface area contributed by atoms with E-state index in [9.17, 15) is 4.21 Å². The molecule has 0 aliphatic carbocycles. The first-order valence-corrected chi connectivity index (χ1v) is 10.5. The van der Waals surface area contributed by atoms with Crippen LogP contribution in [-0.4, -0.2) is 20.0 Å². The number of nitrogens with one attached hydrogen (secondary N) is 1. The van der Waals surface area contributed by atoms with Crippen LogP contribution in [0, 0.1) is 12.3 Å². The third kappa shape index (κ3) is 7.30. The normalized spacial score (nSPS) is 14.9. The van der Waals surface area contributed by atoms with Gasteiger partial charge in [0.1, 0.15) is 6.10 Å². The summed E-state index contributed by atoms with van der Waals surface area (Å²) in [5.74, 6) is -0.466. The number of unbranched alkanes of at least 4 members (excludes halogenated alkanes) is 2. The lowest BCUT2D eigenvalue weighted by molar-refractivity contribution is 0.220. The monoisotopic (exact) mass is 423 g/mol. The summed E-state index contributed by atoms with van der Waals surface area (Å²) in [4.78, 5) is 1.30. The summed E-state index contributed by atoms with van der Waals surface area (Å²) in [7, 11) is -1.40. The van der Waals surface area contributed by atoms with Gasteiger partial charge in [0.2, 0.25) is 5.90 Å². The van der Waals surface area contributed by atoms with Crippen LogP contribution in [0.25, 0.3) is 0 Å². The molecule has 0 amide bonds. The number of alkyl halides is 3. The Morgan fingerprint density at radius 3 is 2.36 bits per heavy atom. The van der Waals surface area contributed by atoms with Crippen LogP contribution in [-0.2, 0) is 15.5 Å². The molecule has 0 aliphatic heterocycles. The molecule has 1 aromatic rings. The third-order valence-electron chi connectivity index (χ3n) is 3.56. The number of hydrogen-bond donors (Lipinski definition) is 1. The summed E-state index contributed by atoms with van der Waals surface area (Å²) < 4.78 is 16.7. The highest BCUT2D eigenvalue weighted by molar-refractivity contribution is 7.89. The van der Waals surface area contributed by atoms with E-state index in [2.05, 4.69) is 6.92 Å². The first-order valence-electron chi connectivity index (χ1n) is 8.21. The lowest BCUT2D eigenvalue weighted by atomic mass is 10.2. The van der Waals surface area contributed by atoms with Gasteiger partial charge >= 0.3 is 0 Å². The van der Waals surface area contributed by atoms with E-state index in [0.717, 1.165) is 24.8 Å². The number of aryl methyl sites for hydroxylation is 1. The van der Waals surface area contributed by atoms with Gasteiger partial charge in [-0.1, -0.05) is 85.3 Å². The van der Waals surface area contributed by atoms with E-state index in [1.54, 1.807) is 0 Å². The Kier molecular flexibility index (Phi) is 9.50. The Labute approximate surface area is 167 Å². The second-order valence-electron chi connectivity index (χ2n) is 5.67. The molecule has 140 valence electrons. The van der Waals surface area contributed by atoms with Gasteiger partial charge in [-0.05, 0) is 31.9 Å². The van der Waals surface area contributed by atoms with Gasteiger partial charge in [0.25, 0.3) is 3.79 Å². The summed E-state index contributed by atoms with van der Waals surface area (Å²) in [6.07, 6.45) is 4.65. The molecule has 0 aromatic heterocycles. The molecule has 25 heavy (non-hydrogen) atoms. The molecule has 0 aliphatic rings. The van der Waals surface area contributed by atoms with Crippen LogP contribution in [0.15, 0.2) is 40.1 Å². The first kappa shape index (κ1) is 22.5. The molecule has 1 rings (SSSR count). The van der Waals surface area contributed by atoms with Crippen LogP contribution in [0.3, 0.4) is 0 Å². The zero-order chi connectivity index (χ0) is 19.0. The molecule has 2 atom stereocenters.